The molecule has 5 aliphatic heterocycles. The lowest BCUT2D eigenvalue weighted by Crippen LogP contribution is -2.80. The molecule has 2 aromatic carbocycles. The second-order valence-corrected chi connectivity index (χ2v) is 17.7. The van der Waals surface area contributed by atoms with Crippen LogP contribution in [-0.2, 0) is 31.6 Å². The van der Waals surface area contributed by atoms with Crippen LogP contribution in [0.3, 0.4) is 0 Å². The van der Waals surface area contributed by atoms with E-state index >= 15 is 4.79 Å². The van der Waals surface area contributed by atoms with Crippen LogP contribution in [0.25, 0.3) is 21.3 Å². The van der Waals surface area contributed by atoms with Gasteiger partial charge in [-0.2, -0.15) is 0 Å². The Morgan fingerprint density at radius 2 is 1.88 bits per heavy atom. The minimum Gasteiger partial charge on any atom is -0.389 e. The molecule has 13 heteroatoms. The van der Waals surface area contributed by atoms with Gasteiger partial charge in [0, 0.05) is 70.2 Å². The van der Waals surface area contributed by atoms with Crippen molar-refractivity contribution < 1.29 is 29.7 Å². The van der Waals surface area contributed by atoms with Crippen LogP contribution in [0.15, 0.2) is 53.7 Å². The molecule has 6 heterocycles. The molecule has 2 unspecified atom stereocenters. The lowest BCUT2D eigenvalue weighted by molar-refractivity contribution is -0.201. The number of hydrogen-bond acceptors (Lipinski definition) is 8. The maximum Gasteiger partial charge on any atom is 0.255 e. The number of aromatic amines is 1. The Hall–Kier alpha value is -4.36. The highest BCUT2D eigenvalue weighted by molar-refractivity contribution is 5.98. The van der Waals surface area contributed by atoms with E-state index in [4.69, 9.17) is 0 Å². The van der Waals surface area contributed by atoms with Gasteiger partial charge in [0.2, 0.25) is 6.41 Å². The number of fused-ring (bicyclic) bond motifs is 6. The summed E-state index contributed by atoms with van der Waals surface area (Å²) in [4.78, 5) is 55.0. The van der Waals surface area contributed by atoms with Crippen LogP contribution in [0.4, 0.5) is 5.69 Å². The van der Waals surface area contributed by atoms with Gasteiger partial charge in [0.1, 0.15) is 11.9 Å². The first-order valence-corrected chi connectivity index (χ1v) is 20.2. The van der Waals surface area contributed by atoms with Crippen LogP contribution in [-0.4, -0.2) is 110 Å². The summed E-state index contributed by atoms with van der Waals surface area (Å²) in [5, 5.41) is 41.5. The van der Waals surface area contributed by atoms with Crippen LogP contribution in [0, 0.1) is 18.3 Å². The normalized spacial score (nSPS) is 38.3. The number of aliphatic hydroxyl groups excluding tert-OH is 1. The number of Topliss-reactive ketones (excluding diaryl/α,β-unsaturated/α-hetero) is 1. The fourth-order valence-electron chi connectivity index (χ4n) is 13.1. The average Bonchev–Trinajstić information content (AvgIpc) is 3.85. The summed E-state index contributed by atoms with van der Waals surface area (Å²) < 4.78 is 0. The molecule has 1 aromatic heterocycles. The fourth-order valence-corrected chi connectivity index (χ4v) is 13.1. The third-order valence-electron chi connectivity index (χ3n) is 15.3. The largest absolute Gasteiger partial charge is 0.389 e. The Morgan fingerprint density at radius 3 is 2.59 bits per heavy atom. The zero-order chi connectivity index (χ0) is 39.6. The summed E-state index contributed by atoms with van der Waals surface area (Å²) in [5.41, 5.74) is 8.10. The van der Waals surface area contributed by atoms with Gasteiger partial charge in [-0.25, -0.2) is 0 Å². The van der Waals surface area contributed by atoms with Crippen molar-refractivity contribution in [3.8, 4) is 0 Å². The Balaban J connectivity index is 1.35. The summed E-state index contributed by atoms with van der Waals surface area (Å²) in [6.45, 7) is 10.7. The summed E-state index contributed by atoms with van der Waals surface area (Å²) in [7, 11) is 0. The van der Waals surface area contributed by atoms with Crippen molar-refractivity contribution >= 4 is 34.7 Å². The Morgan fingerprint density at radius 1 is 1.09 bits per heavy atom. The predicted octanol–water partition coefficient (Wildman–Crippen LogP) is 4.33. The molecule has 9 rings (SSSR count). The number of carbonyl (C=O) groups excluding carboxylic acids is 3. The van der Waals surface area contributed by atoms with Crippen molar-refractivity contribution in [3.63, 3.8) is 0 Å². The first kappa shape index (κ1) is 37.2. The van der Waals surface area contributed by atoms with Crippen LogP contribution >= 0.6 is 0 Å². The Labute approximate surface area is 326 Å². The summed E-state index contributed by atoms with van der Waals surface area (Å²) in [6.07, 6.45) is 5.82. The van der Waals surface area contributed by atoms with Gasteiger partial charge >= 0.3 is 0 Å². The maximum atomic E-state index is 15.0. The average molecular weight is 762 g/mol. The molecule has 1 aliphatic carbocycles. The highest BCUT2D eigenvalue weighted by Crippen LogP contribution is 2.67. The molecule has 3 aromatic rings. The smallest absolute Gasteiger partial charge is 0.255 e. The number of nitrogens with zero attached hydrogens (tertiary/aromatic N) is 6. The van der Waals surface area contributed by atoms with Crippen molar-refractivity contribution in [1.29, 1.82) is 0 Å². The van der Waals surface area contributed by atoms with Crippen LogP contribution in [0.5, 0.6) is 0 Å². The highest BCUT2D eigenvalue weighted by atomic mass is 16.4. The number of hydrogen-bond donors (Lipinski definition) is 4. The van der Waals surface area contributed by atoms with Gasteiger partial charge in [-0.1, -0.05) is 50.3 Å². The van der Waals surface area contributed by atoms with Crippen LogP contribution in [0.1, 0.15) is 80.8 Å². The number of aliphatic hydroxyl groups is 3. The van der Waals surface area contributed by atoms with Crippen molar-refractivity contribution in [3.05, 3.63) is 86.9 Å². The van der Waals surface area contributed by atoms with Gasteiger partial charge in [-0.05, 0) is 110 Å². The van der Waals surface area contributed by atoms with E-state index in [9.17, 15) is 30.4 Å². The number of azide groups is 1. The fraction of sp³-hybridized carbons (Fsp3) is 0.558. The van der Waals surface area contributed by atoms with Gasteiger partial charge in [-0.15, -0.1) is 0 Å². The molecule has 4 N–H and O–H groups in total. The van der Waals surface area contributed by atoms with Crippen LogP contribution in [0.2, 0.25) is 0 Å². The number of aromatic nitrogens is 1. The first-order valence-electron chi connectivity index (χ1n) is 20.2. The minimum atomic E-state index is -2.65. The van der Waals surface area contributed by atoms with Crippen molar-refractivity contribution in [1.82, 2.24) is 14.8 Å². The molecular weight excluding hydrogens is 711 g/mol. The molecular formula is C43H51N7O6. The molecule has 13 nitrogen and oxygen atoms in total. The third kappa shape index (κ3) is 4.55. The van der Waals surface area contributed by atoms with Gasteiger partial charge in [0.05, 0.1) is 17.1 Å². The number of aryl methyl sites for hydroxylation is 1. The molecule has 3 fully saturated rings. The molecule has 1 spiro atoms. The van der Waals surface area contributed by atoms with E-state index in [1.807, 2.05) is 57.2 Å². The predicted molar refractivity (Wildman–Crippen MR) is 210 cm³/mol. The maximum absolute atomic E-state index is 15.0. The number of para-hydroxylation sites is 1. The molecule has 2 saturated heterocycles. The van der Waals surface area contributed by atoms with Crippen molar-refractivity contribution in [2.75, 3.05) is 37.6 Å². The molecule has 294 valence electrons. The number of H-pyrrole nitrogens is 1. The molecule has 0 radical (unpaired) electrons. The van der Waals surface area contributed by atoms with E-state index in [1.54, 1.807) is 6.92 Å². The number of anilines is 1. The van der Waals surface area contributed by atoms with E-state index in [2.05, 4.69) is 36.9 Å². The summed E-state index contributed by atoms with van der Waals surface area (Å²) in [6, 6.07) is 10.4. The number of nitrogens with one attached hydrogen (secondary N) is 1. The second kappa shape index (κ2) is 12.6. The number of carbonyl (C=O) groups is 3. The Kier molecular flexibility index (Phi) is 8.36. The summed E-state index contributed by atoms with van der Waals surface area (Å²) in [5.74, 6) is -1.31. The van der Waals surface area contributed by atoms with Crippen LogP contribution < -0.4 is 4.90 Å². The zero-order valence-corrected chi connectivity index (χ0v) is 32.5. The number of amides is 2. The van der Waals surface area contributed by atoms with Gasteiger partial charge in [-0.3, -0.25) is 24.2 Å². The zero-order valence-electron chi connectivity index (χ0n) is 32.5. The Bertz CT molecular complexity index is 2270. The molecule has 56 heavy (non-hydrogen) atoms. The van der Waals surface area contributed by atoms with Crippen molar-refractivity contribution in [2.24, 2.45) is 16.4 Å². The first-order chi connectivity index (χ1) is 26.8. The number of benzene rings is 2. The number of piperidine rings is 1. The quantitative estimate of drug-likeness (QED) is 0.0940. The highest BCUT2D eigenvalue weighted by Gasteiger charge is 2.79. The van der Waals surface area contributed by atoms with E-state index in [-0.39, 0.29) is 11.7 Å². The summed E-state index contributed by atoms with van der Waals surface area (Å²) >= 11 is 0. The molecule has 6 aliphatic rings. The minimum absolute atomic E-state index is 0.0328. The lowest BCUT2D eigenvalue weighted by Gasteiger charge is -2.63. The number of ketones is 1. The van der Waals surface area contributed by atoms with Crippen molar-refractivity contribution in [2.45, 2.75) is 106 Å². The standard InChI is InChI=1S/C43H51N7O6/c1-5-39(55)20-27-21-42(26(4)52,34-29(12-16-48(22-27)23-39)28-10-7-8-11-32(28)45-34)30-19-31-33(18-25(30)3)50(24-51)36-41(31)14-17-49-15-9-13-40(6-2,35(41)49)37(53)43(36,56)38(54)46-47-44/h7-11,13,18-19,24,27,35-37,45,53,55-56H,5-6,12,14-17,20-23H2,1-4H3/t27?,35-,36+,37+,39-,40+,41+,42-,43-/m0/s1. The lowest BCUT2D eigenvalue weighted by atomic mass is 9.47. The van der Waals surface area contributed by atoms with E-state index < -0.39 is 51.5 Å². The third-order valence-corrected chi connectivity index (χ3v) is 15.3. The van der Waals surface area contributed by atoms with E-state index in [0.717, 1.165) is 51.9 Å². The molecule has 10 atom stereocenters. The van der Waals surface area contributed by atoms with Gasteiger partial charge in [0.15, 0.2) is 5.60 Å². The second-order valence-electron chi connectivity index (χ2n) is 17.7. The van der Waals surface area contributed by atoms with E-state index in [1.165, 1.54) is 4.90 Å². The molecule has 1 saturated carbocycles. The monoisotopic (exact) mass is 761 g/mol. The van der Waals surface area contributed by atoms with E-state index in [0.29, 0.717) is 70.3 Å². The van der Waals surface area contributed by atoms with Gasteiger partial charge < -0.3 is 25.2 Å². The van der Waals surface area contributed by atoms with Gasteiger partial charge in [0.25, 0.3) is 5.91 Å². The number of rotatable bonds is 6. The SMILES string of the molecule is CC[C@]1(O)CC2CN(CCc3c([nH]c4ccccc34)[C@@](C(C)=O)(c3cc4c(cc3C)N(C=O)[C@H]3[C@@](O)(C(=O)N=[N+]=[N-])[C@H](O)[C@]5(CC)C=CCN6CC[C@]43[C@@H]65)C2)C1. The topological polar surface area (TPSA) is 186 Å². The molecule has 2 amide bonds. The molecule has 2 bridgehead atoms.